The molecule has 1 amide bonds. The molecule has 1 fully saturated rings. The van der Waals surface area contributed by atoms with Crippen LogP contribution in [0.5, 0.6) is 11.5 Å². The molecule has 0 heterocycles. The molecule has 0 bridgehead atoms. The first-order valence-corrected chi connectivity index (χ1v) is 10.2. The molecule has 30 heavy (non-hydrogen) atoms. The standard InChI is InChI=1S/C23H26ClNO5/c1-14(26)30-16-9-10-20(25-23(27)17-6-4-5-7-19(17)24)18(13-16)15-8-11-21(28-2)22(12-15)29-3/h4-8,11-12,16,18,20H,9-10,13H2,1-3H3,(H,25,27). The van der Waals surface area contributed by atoms with E-state index in [9.17, 15) is 9.59 Å². The van der Waals surface area contributed by atoms with E-state index >= 15 is 0 Å². The second-order valence-electron chi connectivity index (χ2n) is 7.33. The lowest BCUT2D eigenvalue weighted by atomic mass is 9.78. The van der Waals surface area contributed by atoms with Gasteiger partial charge in [0.25, 0.3) is 5.91 Å². The molecule has 1 N–H and O–H groups in total. The highest BCUT2D eigenvalue weighted by molar-refractivity contribution is 6.33. The molecule has 3 rings (SSSR count). The number of nitrogens with one attached hydrogen (secondary N) is 1. The third-order valence-corrected chi connectivity index (χ3v) is 5.74. The highest BCUT2D eigenvalue weighted by Crippen LogP contribution is 2.38. The van der Waals surface area contributed by atoms with E-state index in [1.165, 1.54) is 6.92 Å². The predicted octanol–water partition coefficient (Wildman–Crippen LogP) is 4.36. The zero-order chi connectivity index (χ0) is 21.7. The molecule has 1 aliphatic rings. The van der Waals surface area contributed by atoms with Gasteiger partial charge in [0, 0.05) is 18.9 Å². The van der Waals surface area contributed by atoms with Crippen LogP contribution >= 0.6 is 11.6 Å². The van der Waals surface area contributed by atoms with Crippen LogP contribution in [-0.4, -0.2) is 38.2 Å². The average molecular weight is 432 g/mol. The number of halogens is 1. The second kappa shape index (κ2) is 9.85. The third-order valence-electron chi connectivity index (χ3n) is 5.41. The van der Waals surface area contributed by atoms with Crippen molar-refractivity contribution in [1.82, 2.24) is 5.32 Å². The van der Waals surface area contributed by atoms with E-state index < -0.39 is 0 Å². The van der Waals surface area contributed by atoms with Crippen LogP contribution in [0.3, 0.4) is 0 Å². The van der Waals surface area contributed by atoms with Gasteiger partial charge in [0.15, 0.2) is 11.5 Å². The van der Waals surface area contributed by atoms with E-state index in [2.05, 4.69) is 5.32 Å². The maximum Gasteiger partial charge on any atom is 0.302 e. The zero-order valence-corrected chi connectivity index (χ0v) is 18.1. The van der Waals surface area contributed by atoms with Crippen LogP contribution in [0.1, 0.15) is 48.0 Å². The molecule has 0 spiro atoms. The van der Waals surface area contributed by atoms with Gasteiger partial charge in [0.05, 0.1) is 24.8 Å². The Hall–Kier alpha value is -2.73. The second-order valence-corrected chi connectivity index (χ2v) is 7.73. The monoisotopic (exact) mass is 431 g/mol. The molecule has 0 saturated heterocycles. The van der Waals surface area contributed by atoms with E-state index in [0.29, 0.717) is 41.3 Å². The van der Waals surface area contributed by atoms with E-state index in [1.807, 2.05) is 18.2 Å². The van der Waals surface area contributed by atoms with Crippen molar-refractivity contribution in [1.29, 1.82) is 0 Å². The Morgan fingerprint density at radius 3 is 2.43 bits per heavy atom. The quantitative estimate of drug-likeness (QED) is 0.688. The molecular weight excluding hydrogens is 406 g/mol. The van der Waals surface area contributed by atoms with Gasteiger partial charge >= 0.3 is 5.97 Å². The molecule has 7 heteroatoms. The van der Waals surface area contributed by atoms with Gasteiger partial charge in [-0.3, -0.25) is 9.59 Å². The van der Waals surface area contributed by atoms with E-state index in [-0.39, 0.29) is 29.9 Å². The molecule has 3 atom stereocenters. The van der Waals surface area contributed by atoms with E-state index in [1.54, 1.807) is 38.5 Å². The van der Waals surface area contributed by atoms with Crippen molar-refractivity contribution < 1.29 is 23.8 Å². The molecule has 1 aliphatic carbocycles. The minimum Gasteiger partial charge on any atom is -0.493 e. The summed E-state index contributed by atoms with van der Waals surface area (Å²) in [6.07, 6.45) is 1.75. The number of benzene rings is 2. The Morgan fingerprint density at radius 2 is 1.77 bits per heavy atom. The van der Waals surface area contributed by atoms with Crippen molar-refractivity contribution in [3.8, 4) is 11.5 Å². The zero-order valence-electron chi connectivity index (χ0n) is 17.3. The minimum atomic E-state index is -0.301. The summed E-state index contributed by atoms with van der Waals surface area (Å²) in [5.74, 6) is 0.659. The first-order chi connectivity index (χ1) is 14.4. The minimum absolute atomic E-state index is 0.0608. The number of ether oxygens (including phenoxy) is 3. The first kappa shape index (κ1) is 22.0. The average Bonchev–Trinajstić information content (AvgIpc) is 2.74. The fourth-order valence-electron chi connectivity index (χ4n) is 3.99. The summed E-state index contributed by atoms with van der Waals surface area (Å²) >= 11 is 6.19. The summed E-state index contributed by atoms with van der Waals surface area (Å²) in [5.41, 5.74) is 1.42. The fraction of sp³-hybridized carbons (Fsp3) is 0.391. The number of rotatable bonds is 6. The van der Waals surface area contributed by atoms with Gasteiger partial charge in [-0.05, 0) is 49.1 Å². The molecular formula is C23H26ClNO5. The van der Waals surface area contributed by atoms with Crippen LogP contribution < -0.4 is 14.8 Å². The highest BCUT2D eigenvalue weighted by Gasteiger charge is 2.35. The Morgan fingerprint density at radius 1 is 1.03 bits per heavy atom. The van der Waals surface area contributed by atoms with Gasteiger partial charge < -0.3 is 19.5 Å². The van der Waals surface area contributed by atoms with Crippen LogP contribution in [0.4, 0.5) is 0 Å². The first-order valence-electron chi connectivity index (χ1n) is 9.87. The number of methoxy groups -OCH3 is 2. The Bertz CT molecular complexity index is 916. The van der Waals surface area contributed by atoms with Crippen molar-refractivity contribution >= 4 is 23.5 Å². The smallest absolute Gasteiger partial charge is 0.302 e. The molecule has 6 nitrogen and oxygen atoms in total. The number of amides is 1. The van der Waals surface area contributed by atoms with Gasteiger partial charge in [-0.15, -0.1) is 0 Å². The predicted molar refractivity (Wildman–Crippen MR) is 114 cm³/mol. The van der Waals surface area contributed by atoms with Crippen molar-refractivity contribution in [2.24, 2.45) is 0 Å². The lowest BCUT2D eigenvalue weighted by Gasteiger charge is -2.36. The Labute approximate surface area is 181 Å². The lowest BCUT2D eigenvalue weighted by Crippen LogP contribution is -2.44. The third kappa shape index (κ3) is 5.05. The summed E-state index contributed by atoms with van der Waals surface area (Å²) in [4.78, 5) is 24.3. The van der Waals surface area contributed by atoms with Crippen molar-refractivity contribution in [2.75, 3.05) is 14.2 Å². The summed E-state index contributed by atoms with van der Waals surface area (Å²) in [5, 5.41) is 3.54. The molecule has 2 aromatic carbocycles. The topological polar surface area (TPSA) is 73.9 Å². The molecule has 1 saturated carbocycles. The molecule has 0 aromatic heterocycles. The van der Waals surface area contributed by atoms with Crippen LogP contribution in [0.15, 0.2) is 42.5 Å². The SMILES string of the molecule is COc1ccc(C2CC(OC(C)=O)CCC2NC(=O)c2ccccc2Cl)cc1OC. The number of esters is 1. The van der Waals surface area contributed by atoms with Gasteiger partial charge in [-0.2, -0.15) is 0 Å². The molecule has 0 aliphatic heterocycles. The molecule has 160 valence electrons. The van der Waals surface area contributed by atoms with Crippen LogP contribution in [0, 0.1) is 0 Å². The molecule has 0 radical (unpaired) electrons. The maximum absolute atomic E-state index is 12.9. The van der Waals surface area contributed by atoms with Crippen molar-refractivity contribution in [2.45, 2.75) is 44.2 Å². The van der Waals surface area contributed by atoms with Gasteiger partial charge in [0.1, 0.15) is 6.10 Å². The summed E-state index contributed by atoms with van der Waals surface area (Å²) in [6, 6.07) is 12.5. The van der Waals surface area contributed by atoms with Crippen molar-refractivity contribution in [3.05, 3.63) is 58.6 Å². The highest BCUT2D eigenvalue weighted by atomic mass is 35.5. The number of carbonyl (C=O) groups excluding carboxylic acids is 2. The number of hydrogen-bond donors (Lipinski definition) is 1. The van der Waals surface area contributed by atoms with Crippen LogP contribution in [0.25, 0.3) is 0 Å². The van der Waals surface area contributed by atoms with Crippen molar-refractivity contribution in [3.63, 3.8) is 0 Å². The van der Waals surface area contributed by atoms with Crippen LogP contribution in [-0.2, 0) is 9.53 Å². The van der Waals surface area contributed by atoms with E-state index in [4.69, 9.17) is 25.8 Å². The normalized spacial score (nSPS) is 20.9. The largest absolute Gasteiger partial charge is 0.493 e. The summed E-state index contributed by atoms with van der Waals surface area (Å²) in [7, 11) is 3.17. The summed E-state index contributed by atoms with van der Waals surface area (Å²) in [6.45, 7) is 1.41. The Balaban J connectivity index is 1.88. The Kier molecular flexibility index (Phi) is 7.21. The number of hydrogen-bond acceptors (Lipinski definition) is 5. The van der Waals surface area contributed by atoms with Gasteiger partial charge in [-0.1, -0.05) is 29.8 Å². The molecule has 2 aromatic rings. The summed E-state index contributed by atoms with van der Waals surface area (Å²) < 4.78 is 16.3. The van der Waals surface area contributed by atoms with Gasteiger partial charge in [-0.25, -0.2) is 0 Å². The van der Waals surface area contributed by atoms with Crippen LogP contribution in [0.2, 0.25) is 5.02 Å². The number of carbonyl (C=O) groups is 2. The van der Waals surface area contributed by atoms with E-state index in [0.717, 1.165) is 5.56 Å². The fourth-order valence-corrected chi connectivity index (χ4v) is 4.21. The lowest BCUT2D eigenvalue weighted by molar-refractivity contribution is -0.148. The van der Waals surface area contributed by atoms with Gasteiger partial charge in [0.2, 0.25) is 0 Å². The maximum atomic E-state index is 12.9. The molecule has 3 unspecified atom stereocenters.